The number of hydrogen-bond donors (Lipinski definition) is 2. The minimum Gasteiger partial charge on any atom is -0.399 e. The highest BCUT2D eigenvalue weighted by Gasteiger charge is 2.09. The first kappa shape index (κ1) is 10.7. The lowest BCUT2D eigenvalue weighted by Crippen LogP contribution is -2.00. The van der Waals surface area contributed by atoms with Crippen LogP contribution in [0.3, 0.4) is 0 Å². The van der Waals surface area contributed by atoms with Crippen LogP contribution in [0, 0.1) is 6.92 Å². The Balaban J connectivity index is 2.31. The number of aryl methyl sites for hydroxylation is 1. The van der Waals surface area contributed by atoms with Crippen LogP contribution in [0.25, 0.3) is 0 Å². The van der Waals surface area contributed by atoms with Crippen molar-refractivity contribution in [3.8, 4) is 0 Å². The molecule has 0 aromatic heterocycles. The van der Waals surface area contributed by atoms with Crippen molar-refractivity contribution >= 4 is 5.69 Å². The molecule has 16 heavy (non-hydrogen) atoms. The maximum Gasteiger partial charge on any atom is 0.104 e. The van der Waals surface area contributed by atoms with Crippen molar-refractivity contribution in [2.45, 2.75) is 13.0 Å². The molecule has 0 aliphatic carbocycles. The van der Waals surface area contributed by atoms with Gasteiger partial charge in [0.05, 0.1) is 0 Å². The van der Waals surface area contributed by atoms with Gasteiger partial charge in [-0.2, -0.15) is 0 Å². The summed E-state index contributed by atoms with van der Waals surface area (Å²) in [6.07, 6.45) is -0.607. The zero-order valence-electron chi connectivity index (χ0n) is 9.22. The quantitative estimate of drug-likeness (QED) is 0.753. The van der Waals surface area contributed by atoms with Crippen LogP contribution < -0.4 is 5.73 Å². The summed E-state index contributed by atoms with van der Waals surface area (Å²) in [5.74, 6) is 0. The summed E-state index contributed by atoms with van der Waals surface area (Å²) in [6, 6.07) is 15.2. The summed E-state index contributed by atoms with van der Waals surface area (Å²) in [6.45, 7) is 2.02. The number of aliphatic hydroxyl groups excluding tert-OH is 1. The normalized spacial score (nSPS) is 12.4. The fourth-order valence-electron chi connectivity index (χ4n) is 1.67. The fourth-order valence-corrected chi connectivity index (χ4v) is 1.67. The lowest BCUT2D eigenvalue weighted by Gasteiger charge is -2.12. The molecule has 2 rings (SSSR count). The molecule has 0 radical (unpaired) electrons. The Morgan fingerprint density at radius 1 is 1.00 bits per heavy atom. The predicted molar refractivity (Wildman–Crippen MR) is 66.1 cm³/mol. The van der Waals surface area contributed by atoms with Gasteiger partial charge in [0.25, 0.3) is 0 Å². The number of nitrogen functional groups attached to an aromatic ring is 1. The molecular formula is C14H15NO. The second kappa shape index (κ2) is 4.37. The van der Waals surface area contributed by atoms with Crippen molar-refractivity contribution in [2.75, 3.05) is 5.73 Å². The van der Waals surface area contributed by atoms with Gasteiger partial charge < -0.3 is 10.8 Å². The largest absolute Gasteiger partial charge is 0.399 e. The maximum absolute atomic E-state index is 10.2. The van der Waals surface area contributed by atoms with E-state index in [0.29, 0.717) is 5.69 Å². The molecule has 0 heterocycles. The highest BCUT2D eigenvalue weighted by molar-refractivity contribution is 5.43. The van der Waals surface area contributed by atoms with E-state index in [1.54, 1.807) is 6.07 Å². The molecule has 3 N–H and O–H groups in total. The van der Waals surface area contributed by atoms with Crippen LogP contribution in [0.4, 0.5) is 5.69 Å². The summed E-state index contributed by atoms with van der Waals surface area (Å²) in [4.78, 5) is 0. The zero-order valence-corrected chi connectivity index (χ0v) is 9.22. The van der Waals surface area contributed by atoms with Gasteiger partial charge >= 0.3 is 0 Å². The van der Waals surface area contributed by atoms with Gasteiger partial charge in [-0.25, -0.2) is 0 Å². The Labute approximate surface area is 95.4 Å². The molecule has 1 unspecified atom stereocenters. The molecular weight excluding hydrogens is 198 g/mol. The van der Waals surface area contributed by atoms with E-state index < -0.39 is 6.10 Å². The minimum absolute atomic E-state index is 0.607. The number of rotatable bonds is 2. The van der Waals surface area contributed by atoms with Crippen molar-refractivity contribution in [3.05, 3.63) is 65.2 Å². The van der Waals surface area contributed by atoms with Gasteiger partial charge in [0.1, 0.15) is 6.10 Å². The molecule has 0 aliphatic rings. The van der Waals surface area contributed by atoms with Gasteiger partial charge in [0.2, 0.25) is 0 Å². The number of benzene rings is 2. The van der Waals surface area contributed by atoms with Gasteiger partial charge in [0, 0.05) is 5.69 Å². The van der Waals surface area contributed by atoms with E-state index in [1.165, 1.54) is 5.56 Å². The van der Waals surface area contributed by atoms with Gasteiger partial charge in [-0.1, -0.05) is 42.0 Å². The molecule has 0 fully saturated rings. The number of anilines is 1. The molecule has 0 saturated carbocycles. The van der Waals surface area contributed by atoms with E-state index in [4.69, 9.17) is 5.73 Å². The molecule has 0 aliphatic heterocycles. The fraction of sp³-hybridized carbons (Fsp3) is 0.143. The van der Waals surface area contributed by atoms with Gasteiger partial charge in [0.15, 0.2) is 0 Å². The van der Waals surface area contributed by atoms with Gasteiger partial charge in [-0.3, -0.25) is 0 Å². The monoisotopic (exact) mass is 213 g/mol. The number of nitrogens with two attached hydrogens (primary N) is 1. The van der Waals surface area contributed by atoms with Crippen molar-refractivity contribution in [1.82, 2.24) is 0 Å². The van der Waals surface area contributed by atoms with Gasteiger partial charge in [-0.15, -0.1) is 0 Å². The summed E-state index contributed by atoms with van der Waals surface area (Å²) in [5, 5.41) is 10.2. The lowest BCUT2D eigenvalue weighted by atomic mass is 10.0. The van der Waals surface area contributed by atoms with Crippen molar-refractivity contribution < 1.29 is 5.11 Å². The predicted octanol–water partition coefficient (Wildman–Crippen LogP) is 2.66. The lowest BCUT2D eigenvalue weighted by molar-refractivity contribution is 0.220. The molecule has 0 bridgehead atoms. The van der Waals surface area contributed by atoms with Gasteiger partial charge in [-0.05, 0) is 30.2 Å². The van der Waals surface area contributed by atoms with Crippen LogP contribution in [0.2, 0.25) is 0 Å². The second-order valence-electron chi connectivity index (χ2n) is 3.98. The summed E-state index contributed by atoms with van der Waals surface area (Å²) >= 11 is 0. The summed E-state index contributed by atoms with van der Waals surface area (Å²) < 4.78 is 0. The molecule has 2 aromatic carbocycles. The van der Waals surface area contributed by atoms with E-state index in [0.717, 1.165) is 11.1 Å². The Kier molecular flexibility index (Phi) is 2.93. The average molecular weight is 213 g/mol. The molecule has 0 amide bonds. The average Bonchev–Trinajstić information content (AvgIpc) is 2.29. The van der Waals surface area contributed by atoms with E-state index in [2.05, 4.69) is 0 Å². The van der Waals surface area contributed by atoms with E-state index in [-0.39, 0.29) is 0 Å². The SMILES string of the molecule is Cc1ccc(C(O)c2cccc(N)c2)cc1. The molecule has 1 atom stereocenters. The third-order valence-corrected chi connectivity index (χ3v) is 2.62. The van der Waals surface area contributed by atoms with Crippen LogP contribution in [-0.4, -0.2) is 5.11 Å². The highest BCUT2D eigenvalue weighted by atomic mass is 16.3. The maximum atomic E-state index is 10.2. The first-order chi connectivity index (χ1) is 7.66. The molecule has 2 aromatic rings. The smallest absolute Gasteiger partial charge is 0.104 e. The van der Waals surface area contributed by atoms with Crippen molar-refractivity contribution in [2.24, 2.45) is 0 Å². The zero-order chi connectivity index (χ0) is 11.5. The first-order valence-corrected chi connectivity index (χ1v) is 5.27. The van der Waals surface area contributed by atoms with E-state index in [9.17, 15) is 5.11 Å². The van der Waals surface area contributed by atoms with Crippen molar-refractivity contribution in [3.63, 3.8) is 0 Å². The Morgan fingerprint density at radius 3 is 2.31 bits per heavy atom. The summed E-state index contributed by atoms with van der Waals surface area (Å²) in [5.41, 5.74) is 9.25. The summed E-state index contributed by atoms with van der Waals surface area (Å²) in [7, 11) is 0. The minimum atomic E-state index is -0.607. The first-order valence-electron chi connectivity index (χ1n) is 5.27. The molecule has 2 heteroatoms. The van der Waals surface area contributed by atoms with Crippen LogP contribution in [0.5, 0.6) is 0 Å². The molecule has 2 nitrogen and oxygen atoms in total. The third-order valence-electron chi connectivity index (χ3n) is 2.62. The van der Waals surface area contributed by atoms with Crippen LogP contribution in [0.1, 0.15) is 22.8 Å². The highest BCUT2D eigenvalue weighted by Crippen LogP contribution is 2.23. The molecule has 0 spiro atoms. The Hall–Kier alpha value is -1.80. The Bertz CT molecular complexity index is 476. The third kappa shape index (κ3) is 2.23. The van der Waals surface area contributed by atoms with Crippen LogP contribution in [-0.2, 0) is 0 Å². The number of hydrogen-bond acceptors (Lipinski definition) is 2. The standard InChI is InChI=1S/C14H15NO/c1-10-5-7-11(8-6-10)14(16)12-3-2-4-13(15)9-12/h2-9,14,16H,15H2,1H3. The van der Waals surface area contributed by atoms with Crippen molar-refractivity contribution in [1.29, 1.82) is 0 Å². The topological polar surface area (TPSA) is 46.2 Å². The van der Waals surface area contributed by atoms with Crippen LogP contribution in [0.15, 0.2) is 48.5 Å². The molecule has 82 valence electrons. The number of aliphatic hydroxyl groups is 1. The van der Waals surface area contributed by atoms with E-state index in [1.807, 2.05) is 49.4 Å². The Morgan fingerprint density at radius 2 is 1.69 bits per heavy atom. The van der Waals surface area contributed by atoms with E-state index >= 15 is 0 Å². The molecule has 0 saturated heterocycles. The second-order valence-corrected chi connectivity index (χ2v) is 3.98. The van der Waals surface area contributed by atoms with Crippen LogP contribution >= 0.6 is 0 Å².